The maximum absolute atomic E-state index is 16.2. The van der Waals surface area contributed by atoms with Gasteiger partial charge in [-0.05, 0) is 46.1 Å². The topological polar surface area (TPSA) is 76.0 Å². The number of piperazine rings is 1. The minimum Gasteiger partial charge on any atom is -0.507 e. The zero-order chi connectivity index (χ0) is 26.6. The number of likely N-dealkylation sites (N-methyl/N-ethyl adjacent to an activating group) is 1. The average Bonchev–Trinajstić information content (AvgIpc) is 2.81. The second kappa shape index (κ2) is 9.57. The summed E-state index contributed by atoms with van der Waals surface area (Å²) in [6, 6.07) is 5.43. The van der Waals surface area contributed by atoms with Crippen LogP contribution in [0.15, 0.2) is 24.3 Å². The lowest BCUT2D eigenvalue weighted by Gasteiger charge is -2.45. The van der Waals surface area contributed by atoms with Gasteiger partial charge >= 0.3 is 0 Å². The number of rotatable bonds is 5. The van der Waals surface area contributed by atoms with Crippen LogP contribution in [-0.4, -0.2) is 89.7 Å². The van der Waals surface area contributed by atoms with Gasteiger partial charge in [-0.3, -0.25) is 4.79 Å². The Balaban J connectivity index is 1.71. The fraction of sp³-hybridized carbons (Fsp3) is 0.423. The van der Waals surface area contributed by atoms with Crippen molar-refractivity contribution in [1.82, 2.24) is 19.8 Å². The highest BCUT2D eigenvalue weighted by Crippen LogP contribution is 2.43. The molecule has 37 heavy (non-hydrogen) atoms. The van der Waals surface area contributed by atoms with Crippen LogP contribution in [0.1, 0.15) is 13.8 Å². The number of benzene rings is 2. The molecule has 0 aliphatic carbocycles. The monoisotopic (exact) mass is 530 g/mol. The van der Waals surface area contributed by atoms with Crippen LogP contribution in [0.25, 0.3) is 22.0 Å². The molecule has 1 aromatic heterocycles. The fourth-order valence-corrected chi connectivity index (χ4v) is 5.35. The molecule has 2 aliphatic rings. The van der Waals surface area contributed by atoms with Gasteiger partial charge < -0.3 is 24.7 Å². The minimum atomic E-state index is -0.829. The lowest BCUT2D eigenvalue weighted by molar-refractivity contribution is -0.120. The summed E-state index contributed by atoms with van der Waals surface area (Å²) in [7, 11) is 4.00. The van der Waals surface area contributed by atoms with Crippen molar-refractivity contribution < 1.29 is 18.7 Å². The summed E-state index contributed by atoms with van der Waals surface area (Å²) in [6.45, 7) is 6.25. The Morgan fingerprint density at radius 3 is 2.46 bits per heavy atom. The second-order valence-electron chi connectivity index (χ2n) is 10.1. The number of fused-ring (bicyclic) bond motifs is 1. The quantitative estimate of drug-likeness (QED) is 0.504. The number of nitrogens with zero attached hydrogens (tertiary/aromatic N) is 6. The summed E-state index contributed by atoms with van der Waals surface area (Å²) < 4.78 is 31.0. The number of carbonyl (C=O) groups excluding carboxylic acids is 1. The third-order valence-electron chi connectivity index (χ3n) is 7.41. The first-order chi connectivity index (χ1) is 17.6. The SMILES string of the molecule is C[C@@H]1CN(c2nc(N3CC(N(C)C)C3)nc3c(F)c(-c4c(O)cccc4F)c(Cl)cc23)[C@@H](C)CN1C=O. The Kier molecular flexibility index (Phi) is 6.57. The Labute approximate surface area is 219 Å². The molecule has 2 fully saturated rings. The molecular weight excluding hydrogens is 502 g/mol. The van der Waals surface area contributed by atoms with Crippen LogP contribution in [0, 0.1) is 11.6 Å². The molecule has 0 bridgehead atoms. The molecule has 11 heteroatoms. The van der Waals surface area contributed by atoms with Crippen LogP contribution in [0.5, 0.6) is 5.75 Å². The molecule has 8 nitrogen and oxygen atoms in total. The van der Waals surface area contributed by atoms with Crippen molar-refractivity contribution in [2.24, 2.45) is 0 Å². The van der Waals surface area contributed by atoms with Crippen LogP contribution in [0.3, 0.4) is 0 Å². The maximum Gasteiger partial charge on any atom is 0.228 e. The largest absolute Gasteiger partial charge is 0.507 e. The first-order valence-corrected chi connectivity index (χ1v) is 12.5. The zero-order valence-electron chi connectivity index (χ0n) is 21.1. The van der Waals surface area contributed by atoms with Gasteiger partial charge in [0.05, 0.1) is 10.6 Å². The van der Waals surface area contributed by atoms with Crippen LogP contribution in [-0.2, 0) is 4.79 Å². The van der Waals surface area contributed by atoms with Crippen LogP contribution >= 0.6 is 11.6 Å². The third kappa shape index (κ3) is 4.31. The Bertz CT molecular complexity index is 1350. The molecule has 3 heterocycles. The highest BCUT2D eigenvalue weighted by Gasteiger charge is 2.35. The summed E-state index contributed by atoms with van der Waals surface area (Å²) in [6.07, 6.45) is 0.840. The van der Waals surface area contributed by atoms with Gasteiger partial charge in [0, 0.05) is 55.3 Å². The molecule has 1 N–H and O–H groups in total. The van der Waals surface area contributed by atoms with Gasteiger partial charge in [-0.15, -0.1) is 0 Å². The van der Waals surface area contributed by atoms with Crippen molar-refractivity contribution in [3.8, 4) is 16.9 Å². The second-order valence-corrected chi connectivity index (χ2v) is 10.5. The number of phenolic OH excluding ortho intramolecular Hbond substituents is 1. The number of aromatic nitrogens is 2. The van der Waals surface area contributed by atoms with Gasteiger partial charge in [-0.1, -0.05) is 17.7 Å². The molecule has 2 saturated heterocycles. The van der Waals surface area contributed by atoms with Crippen LogP contribution < -0.4 is 9.80 Å². The summed E-state index contributed by atoms with van der Waals surface area (Å²) in [5.41, 5.74) is -0.567. The molecule has 0 spiro atoms. The third-order valence-corrected chi connectivity index (χ3v) is 7.71. The van der Waals surface area contributed by atoms with Crippen LogP contribution in [0.4, 0.5) is 20.5 Å². The molecule has 0 radical (unpaired) electrons. The molecule has 0 saturated carbocycles. The number of aromatic hydroxyl groups is 1. The van der Waals surface area contributed by atoms with Crippen molar-refractivity contribution in [2.75, 3.05) is 50.1 Å². The number of hydrogen-bond donors (Lipinski definition) is 1. The van der Waals surface area contributed by atoms with Gasteiger partial charge in [-0.25, -0.2) is 13.8 Å². The number of amides is 1. The lowest BCUT2D eigenvalue weighted by atomic mass is 10.00. The first kappa shape index (κ1) is 25.4. The number of phenols is 1. The zero-order valence-corrected chi connectivity index (χ0v) is 21.9. The van der Waals surface area contributed by atoms with Crippen molar-refractivity contribution in [3.63, 3.8) is 0 Å². The normalized spacial score (nSPS) is 20.6. The summed E-state index contributed by atoms with van der Waals surface area (Å²) >= 11 is 6.54. The van der Waals surface area contributed by atoms with Crippen molar-refractivity contribution in [2.45, 2.75) is 32.0 Å². The van der Waals surface area contributed by atoms with E-state index in [9.17, 15) is 14.3 Å². The number of anilines is 2. The molecule has 0 unspecified atom stereocenters. The highest BCUT2D eigenvalue weighted by atomic mass is 35.5. The van der Waals surface area contributed by atoms with E-state index in [0.29, 0.717) is 49.4 Å². The van der Waals surface area contributed by atoms with Gasteiger partial charge in [0.25, 0.3) is 0 Å². The van der Waals surface area contributed by atoms with E-state index in [0.717, 1.165) is 12.5 Å². The Morgan fingerprint density at radius 1 is 1.08 bits per heavy atom. The molecule has 2 aliphatic heterocycles. The predicted molar refractivity (Wildman–Crippen MR) is 140 cm³/mol. The summed E-state index contributed by atoms with van der Waals surface area (Å²) in [5.74, 6) is -1.17. The van der Waals surface area contributed by atoms with Gasteiger partial charge in [-0.2, -0.15) is 4.98 Å². The number of carbonyl (C=O) groups is 1. The average molecular weight is 531 g/mol. The van der Waals surface area contributed by atoms with Gasteiger partial charge in [0.15, 0.2) is 5.82 Å². The highest BCUT2D eigenvalue weighted by molar-refractivity contribution is 6.34. The summed E-state index contributed by atoms with van der Waals surface area (Å²) in [5, 5.41) is 10.7. The molecule has 3 aromatic rings. The van der Waals surface area contributed by atoms with Crippen LogP contribution in [0.2, 0.25) is 5.02 Å². The number of halogens is 3. The van der Waals surface area contributed by atoms with E-state index in [4.69, 9.17) is 16.6 Å². The predicted octanol–water partition coefficient (Wildman–Crippen LogP) is 3.74. The van der Waals surface area contributed by atoms with Gasteiger partial charge in [0.1, 0.15) is 22.9 Å². The molecule has 196 valence electrons. The first-order valence-electron chi connectivity index (χ1n) is 12.2. The fourth-order valence-electron chi connectivity index (χ4n) is 5.06. The standard InChI is InChI=1S/C26H29ClF2N6O2/c1-14-10-35(15(2)9-34(14)13-36)25-17-8-18(27)21(22-19(28)6-5-7-20(22)37)23(29)24(17)30-26(31-25)33-11-16(12-33)32(3)4/h5-8,13-16,37H,9-12H2,1-4H3/t14-,15+/m1/s1. The smallest absolute Gasteiger partial charge is 0.228 e. The van der Waals surface area contributed by atoms with E-state index in [1.807, 2.05) is 37.7 Å². The van der Waals surface area contributed by atoms with Crippen molar-refractivity contribution in [1.29, 1.82) is 0 Å². The minimum absolute atomic E-state index is 0.00646. The van der Waals surface area contributed by atoms with E-state index in [-0.39, 0.29) is 33.7 Å². The van der Waals surface area contributed by atoms with E-state index in [1.165, 1.54) is 18.2 Å². The van der Waals surface area contributed by atoms with E-state index in [1.54, 1.807) is 4.90 Å². The van der Waals surface area contributed by atoms with Crippen molar-refractivity contribution >= 4 is 40.7 Å². The molecule has 2 aromatic carbocycles. The lowest BCUT2D eigenvalue weighted by Crippen LogP contribution is -2.58. The van der Waals surface area contributed by atoms with Crippen molar-refractivity contribution in [3.05, 3.63) is 40.9 Å². The number of hydrogen-bond acceptors (Lipinski definition) is 7. The van der Waals surface area contributed by atoms with E-state index >= 15 is 4.39 Å². The van der Waals surface area contributed by atoms with E-state index < -0.39 is 17.4 Å². The molecule has 1 amide bonds. The molecule has 5 rings (SSSR count). The van der Waals surface area contributed by atoms with E-state index in [2.05, 4.69) is 9.88 Å². The Hall–Kier alpha value is -3.24. The Morgan fingerprint density at radius 2 is 1.81 bits per heavy atom. The maximum atomic E-state index is 16.2. The molecule has 2 atom stereocenters. The molecular formula is C26H29ClF2N6O2. The summed E-state index contributed by atoms with van der Waals surface area (Å²) in [4.78, 5) is 28.8. The van der Waals surface area contributed by atoms with Gasteiger partial charge in [0.2, 0.25) is 12.4 Å².